The molecule has 1 unspecified atom stereocenters. The third kappa shape index (κ3) is 24.1. The van der Waals surface area contributed by atoms with E-state index < -0.39 is 10.4 Å². The fourth-order valence-electron chi connectivity index (χ4n) is 4.16. The molecular weight excluding hydrogens is 396 g/mol. The number of hydrogen-bond donors (Lipinski definition) is 1. The lowest BCUT2D eigenvalue weighted by Gasteiger charge is -2.16. The molecule has 0 aromatic rings. The van der Waals surface area contributed by atoms with Crippen LogP contribution in [0.4, 0.5) is 0 Å². The number of hydrogen-bond acceptors (Lipinski definition) is 3. The molecule has 0 rings (SSSR count). The van der Waals surface area contributed by atoms with Gasteiger partial charge in [0.15, 0.2) is 0 Å². The van der Waals surface area contributed by atoms with Crippen LogP contribution in [0.5, 0.6) is 0 Å². The van der Waals surface area contributed by atoms with Gasteiger partial charge in [-0.1, -0.05) is 136 Å². The van der Waals surface area contributed by atoms with Gasteiger partial charge in [-0.3, -0.25) is 4.55 Å². The summed E-state index contributed by atoms with van der Waals surface area (Å²) in [7, 11) is -4.32. The van der Waals surface area contributed by atoms with Crippen molar-refractivity contribution in [2.45, 2.75) is 149 Å². The average Bonchev–Trinajstić information content (AvgIpc) is 2.70. The van der Waals surface area contributed by atoms with Crippen molar-refractivity contribution in [2.75, 3.05) is 6.61 Å². The van der Waals surface area contributed by atoms with E-state index in [0.717, 1.165) is 25.7 Å². The molecule has 0 amide bonds. The second kappa shape index (κ2) is 22.1. The standard InChI is InChI=1S/C25H52O4S/c1-3-5-7-9-11-13-15-17-19-21-23-25(24-29-30(26,27)28)22-20-18-16-14-12-10-8-6-4-2/h25H,3-24H2,1-2H3,(H,26,27,28). The molecule has 1 atom stereocenters. The smallest absolute Gasteiger partial charge is 0.264 e. The summed E-state index contributed by atoms with van der Waals surface area (Å²) in [6.07, 6.45) is 26.7. The second-order valence-corrected chi connectivity index (χ2v) is 10.3. The molecule has 0 heterocycles. The zero-order valence-electron chi connectivity index (χ0n) is 20.2. The van der Waals surface area contributed by atoms with Crippen molar-refractivity contribution in [2.24, 2.45) is 5.92 Å². The Bertz CT molecular complexity index is 436. The first-order chi connectivity index (χ1) is 14.5. The van der Waals surface area contributed by atoms with E-state index in [1.54, 1.807) is 0 Å². The van der Waals surface area contributed by atoms with Gasteiger partial charge < -0.3 is 0 Å². The van der Waals surface area contributed by atoms with Crippen LogP contribution in [0.2, 0.25) is 0 Å². The molecule has 0 aromatic carbocycles. The predicted octanol–water partition coefficient (Wildman–Crippen LogP) is 8.65. The Balaban J connectivity index is 3.79. The van der Waals surface area contributed by atoms with Gasteiger partial charge in [0, 0.05) is 0 Å². The van der Waals surface area contributed by atoms with E-state index in [-0.39, 0.29) is 12.5 Å². The van der Waals surface area contributed by atoms with Gasteiger partial charge in [-0.15, -0.1) is 0 Å². The average molecular weight is 449 g/mol. The van der Waals surface area contributed by atoms with Crippen molar-refractivity contribution in [3.05, 3.63) is 0 Å². The minimum atomic E-state index is -4.32. The van der Waals surface area contributed by atoms with Crippen LogP contribution in [0, 0.1) is 5.92 Å². The fourth-order valence-corrected chi connectivity index (χ4v) is 4.52. The maximum Gasteiger partial charge on any atom is 0.397 e. The molecule has 30 heavy (non-hydrogen) atoms. The van der Waals surface area contributed by atoms with Crippen LogP contribution in [-0.2, 0) is 14.6 Å². The lowest BCUT2D eigenvalue weighted by atomic mass is 9.94. The summed E-state index contributed by atoms with van der Waals surface area (Å²) < 4.78 is 35.5. The molecule has 0 fully saturated rings. The summed E-state index contributed by atoms with van der Waals surface area (Å²) >= 11 is 0. The SMILES string of the molecule is CCCCCCCCCCCCC(CCCCCCCCCCC)COS(=O)(=O)O. The summed E-state index contributed by atoms with van der Waals surface area (Å²) in [4.78, 5) is 0. The van der Waals surface area contributed by atoms with Gasteiger partial charge >= 0.3 is 10.4 Å². The van der Waals surface area contributed by atoms with Crippen LogP contribution in [0.25, 0.3) is 0 Å². The van der Waals surface area contributed by atoms with Crippen molar-refractivity contribution in [1.29, 1.82) is 0 Å². The van der Waals surface area contributed by atoms with Gasteiger partial charge in [-0.25, -0.2) is 4.18 Å². The van der Waals surface area contributed by atoms with Crippen LogP contribution >= 0.6 is 0 Å². The Morgan fingerprint density at radius 1 is 0.567 bits per heavy atom. The molecule has 5 heteroatoms. The summed E-state index contributed by atoms with van der Waals surface area (Å²) in [6, 6.07) is 0. The third-order valence-corrected chi connectivity index (χ3v) is 6.57. The molecule has 0 saturated carbocycles. The van der Waals surface area contributed by atoms with Gasteiger partial charge in [-0.05, 0) is 18.8 Å². The minimum absolute atomic E-state index is 0.132. The van der Waals surface area contributed by atoms with Crippen LogP contribution in [0.3, 0.4) is 0 Å². The first-order valence-corrected chi connectivity index (χ1v) is 14.5. The summed E-state index contributed by atoms with van der Waals surface area (Å²) in [5, 5.41) is 0. The van der Waals surface area contributed by atoms with E-state index in [2.05, 4.69) is 13.8 Å². The molecule has 0 bridgehead atoms. The summed E-state index contributed by atoms with van der Waals surface area (Å²) in [5.74, 6) is 0.241. The number of unbranched alkanes of at least 4 members (excludes halogenated alkanes) is 17. The molecule has 0 spiro atoms. The Morgan fingerprint density at radius 2 is 0.867 bits per heavy atom. The van der Waals surface area contributed by atoms with Crippen LogP contribution in [-0.4, -0.2) is 19.6 Å². The second-order valence-electron chi connectivity index (χ2n) is 9.17. The van der Waals surface area contributed by atoms with Gasteiger partial charge in [0.05, 0.1) is 6.61 Å². The molecule has 0 aliphatic carbocycles. The Kier molecular flexibility index (Phi) is 22.0. The lowest BCUT2D eigenvalue weighted by Crippen LogP contribution is -2.14. The fraction of sp³-hybridized carbons (Fsp3) is 1.00. The summed E-state index contributed by atoms with van der Waals surface area (Å²) in [5.41, 5.74) is 0. The molecule has 1 N–H and O–H groups in total. The van der Waals surface area contributed by atoms with E-state index >= 15 is 0 Å². The van der Waals surface area contributed by atoms with E-state index in [0.29, 0.717) is 0 Å². The molecule has 0 radical (unpaired) electrons. The highest BCUT2D eigenvalue weighted by Gasteiger charge is 2.13. The van der Waals surface area contributed by atoms with E-state index in [9.17, 15) is 8.42 Å². The molecule has 4 nitrogen and oxygen atoms in total. The Morgan fingerprint density at radius 3 is 1.17 bits per heavy atom. The lowest BCUT2D eigenvalue weighted by molar-refractivity contribution is 0.204. The van der Waals surface area contributed by atoms with Gasteiger partial charge in [0.25, 0.3) is 0 Å². The Hall–Kier alpha value is -0.130. The van der Waals surface area contributed by atoms with Crippen LogP contribution in [0.15, 0.2) is 0 Å². The highest BCUT2D eigenvalue weighted by molar-refractivity contribution is 7.80. The monoisotopic (exact) mass is 448 g/mol. The van der Waals surface area contributed by atoms with Crippen molar-refractivity contribution in [1.82, 2.24) is 0 Å². The van der Waals surface area contributed by atoms with Crippen molar-refractivity contribution < 1.29 is 17.2 Å². The van der Waals surface area contributed by atoms with E-state index in [1.165, 1.54) is 109 Å². The van der Waals surface area contributed by atoms with E-state index in [1.807, 2.05) is 0 Å². The highest BCUT2D eigenvalue weighted by atomic mass is 32.3. The Labute approximate surface area is 188 Å². The molecule has 182 valence electrons. The minimum Gasteiger partial charge on any atom is -0.264 e. The largest absolute Gasteiger partial charge is 0.397 e. The zero-order chi connectivity index (χ0) is 22.3. The van der Waals surface area contributed by atoms with Gasteiger partial charge in [0.1, 0.15) is 0 Å². The number of rotatable bonds is 24. The van der Waals surface area contributed by atoms with Crippen LogP contribution in [0.1, 0.15) is 149 Å². The van der Waals surface area contributed by atoms with Gasteiger partial charge in [0.2, 0.25) is 0 Å². The highest BCUT2D eigenvalue weighted by Crippen LogP contribution is 2.20. The van der Waals surface area contributed by atoms with E-state index in [4.69, 9.17) is 8.74 Å². The normalized spacial score (nSPS) is 13.0. The molecule has 0 aliphatic heterocycles. The first-order valence-electron chi connectivity index (χ1n) is 13.1. The summed E-state index contributed by atoms with van der Waals surface area (Å²) in [6.45, 7) is 4.63. The van der Waals surface area contributed by atoms with Crippen molar-refractivity contribution in [3.8, 4) is 0 Å². The van der Waals surface area contributed by atoms with Crippen molar-refractivity contribution >= 4 is 10.4 Å². The van der Waals surface area contributed by atoms with Crippen LogP contribution < -0.4 is 0 Å². The maximum atomic E-state index is 10.9. The maximum absolute atomic E-state index is 10.9. The zero-order valence-corrected chi connectivity index (χ0v) is 21.0. The predicted molar refractivity (Wildman–Crippen MR) is 129 cm³/mol. The quantitative estimate of drug-likeness (QED) is 0.118. The van der Waals surface area contributed by atoms with Crippen molar-refractivity contribution in [3.63, 3.8) is 0 Å². The topological polar surface area (TPSA) is 63.6 Å². The third-order valence-electron chi connectivity index (χ3n) is 6.13. The molecule has 0 saturated heterocycles. The van der Waals surface area contributed by atoms with Gasteiger partial charge in [-0.2, -0.15) is 8.42 Å². The molecule has 0 aliphatic rings. The molecule has 0 aromatic heterocycles. The first kappa shape index (κ1) is 29.9. The molecular formula is C25H52O4S.